The number of carbonyl (C=O) groups excluding carboxylic acids is 2. The number of amides is 3. The lowest BCUT2D eigenvalue weighted by Crippen LogP contribution is -2.40. The van der Waals surface area contributed by atoms with Crippen molar-refractivity contribution in [2.45, 2.75) is 38.9 Å². The van der Waals surface area contributed by atoms with Crippen molar-refractivity contribution < 1.29 is 28.6 Å². The van der Waals surface area contributed by atoms with E-state index in [0.717, 1.165) is 22.4 Å². The molecule has 8 nitrogen and oxygen atoms in total. The number of aryl methyl sites for hydroxylation is 2. The number of nitrogens with zero attached hydrogens (tertiary/aromatic N) is 1. The maximum atomic E-state index is 14.2. The molecule has 3 aromatic rings. The van der Waals surface area contributed by atoms with E-state index in [0.29, 0.717) is 11.4 Å². The number of ether oxygens (including phenoxy) is 1. The summed E-state index contributed by atoms with van der Waals surface area (Å²) in [5.41, 5.74) is 3.98. The second-order valence-electron chi connectivity index (χ2n) is 9.39. The largest absolute Gasteiger partial charge is 0.491 e. The van der Waals surface area contributed by atoms with E-state index in [9.17, 15) is 18.8 Å². The Morgan fingerprint density at radius 2 is 1.66 bits per heavy atom. The Labute approximate surface area is 220 Å². The summed E-state index contributed by atoms with van der Waals surface area (Å²) in [6.45, 7) is 3.86. The lowest BCUT2D eigenvalue weighted by molar-refractivity contribution is -0.132. The summed E-state index contributed by atoms with van der Waals surface area (Å²) in [6.07, 6.45) is -0.869. The smallest absolute Gasteiger partial charge is 0.335 e. The first-order valence-electron chi connectivity index (χ1n) is 12.3. The molecular formula is C29H30FN3O5. The number of benzene rings is 3. The molecule has 0 saturated carbocycles. The van der Waals surface area contributed by atoms with E-state index < -0.39 is 18.2 Å². The van der Waals surface area contributed by atoms with Crippen LogP contribution in [0, 0.1) is 13.8 Å². The molecule has 198 valence electrons. The van der Waals surface area contributed by atoms with Gasteiger partial charge in [0.15, 0.2) is 0 Å². The molecule has 4 rings (SSSR count). The Kier molecular flexibility index (Phi) is 8.25. The maximum absolute atomic E-state index is 14.2. The van der Waals surface area contributed by atoms with Gasteiger partial charge in [0.2, 0.25) is 5.91 Å². The fourth-order valence-electron chi connectivity index (χ4n) is 4.45. The van der Waals surface area contributed by atoms with Crippen LogP contribution in [0.1, 0.15) is 33.5 Å². The van der Waals surface area contributed by atoms with Gasteiger partial charge >= 0.3 is 12.0 Å². The number of anilines is 2. The van der Waals surface area contributed by atoms with Crippen molar-refractivity contribution in [2.75, 3.05) is 23.8 Å². The predicted octanol–water partition coefficient (Wildman–Crippen LogP) is 5.21. The van der Waals surface area contributed by atoms with Crippen molar-refractivity contribution in [3.63, 3.8) is 0 Å². The van der Waals surface area contributed by atoms with Crippen LogP contribution in [0.3, 0.4) is 0 Å². The molecule has 9 heteroatoms. The minimum absolute atomic E-state index is 0.00249. The number of likely N-dealkylation sites (tertiary alicyclic amines) is 1. The zero-order valence-corrected chi connectivity index (χ0v) is 21.2. The van der Waals surface area contributed by atoms with Gasteiger partial charge in [-0.3, -0.25) is 4.79 Å². The molecule has 2 atom stereocenters. The summed E-state index contributed by atoms with van der Waals surface area (Å²) in [4.78, 5) is 38.0. The van der Waals surface area contributed by atoms with Gasteiger partial charge in [-0.15, -0.1) is 0 Å². The SMILES string of the molecule is Cc1ccccc1NC(=O)Nc1ccc(CC(=O)N2C[C@@H](F)C[C@H]2COc2ccc(C(=O)O)cc2)cc1C. The molecule has 38 heavy (non-hydrogen) atoms. The Balaban J connectivity index is 1.34. The average molecular weight is 520 g/mol. The van der Waals surface area contributed by atoms with E-state index in [-0.39, 0.29) is 43.5 Å². The highest BCUT2D eigenvalue weighted by Gasteiger charge is 2.35. The maximum Gasteiger partial charge on any atom is 0.335 e. The van der Waals surface area contributed by atoms with Crippen molar-refractivity contribution in [3.05, 3.63) is 89.0 Å². The Morgan fingerprint density at radius 1 is 0.974 bits per heavy atom. The molecule has 0 bridgehead atoms. The lowest BCUT2D eigenvalue weighted by atomic mass is 10.1. The number of rotatable bonds is 8. The minimum atomic E-state index is -1.14. The summed E-state index contributed by atoms with van der Waals surface area (Å²) >= 11 is 0. The number of alkyl halides is 1. The molecule has 0 spiro atoms. The molecule has 0 radical (unpaired) electrons. The van der Waals surface area contributed by atoms with Crippen molar-refractivity contribution in [1.29, 1.82) is 0 Å². The van der Waals surface area contributed by atoms with Crippen LogP contribution in [0.5, 0.6) is 5.75 Å². The van der Waals surface area contributed by atoms with Crippen LogP contribution in [0.4, 0.5) is 20.6 Å². The van der Waals surface area contributed by atoms with Gasteiger partial charge in [-0.1, -0.05) is 30.3 Å². The van der Waals surface area contributed by atoms with Crippen LogP contribution in [-0.2, 0) is 11.2 Å². The standard InChI is InChI=1S/C29H30FN3O5/c1-18-5-3-4-6-25(18)31-29(37)32-26-12-7-20(13-19(26)2)14-27(34)33-16-22(30)15-23(33)17-38-24-10-8-21(9-11-24)28(35)36/h3-13,22-23H,14-17H2,1-2H3,(H,35,36)(H2,31,32,37)/t22-,23-/m0/s1. The predicted molar refractivity (Wildman–Crippen MR) is 143 cm³/mol. The third kappa shape index (κ3) is 6.67. The highest BCUT2D eigenvalue weighted by Crippen LogP contribution is 2.24. The van der Waals surface area contributed by atoms with Gasteiger partial charge in [0.05, 0.1) is 24.6 Å². The molecule has 3 aromatic carbocycles. The van der Waals surface area contributed by atoms with Crippen molar-refractivity contribution >= 4 is 29.3 Å². The van der Waals surface area contributed by atoms with E-state index in [1.807, 2.05) is 44.2 Å². The topological polar surface area (TPSA) is 108 Å². The van der Waals surface area contributed by atoms with E-state index in [1.165, 1.54) is 29.2 Å². The molecule has 3 amide bonds. The molecule has 1 aliphatic heterocycles. The summed E-state index contributed by atoms with van der Waals surface area (Å²) in [5, 5.41) is 14.7. The molecule has 1 fully saturated rings. The van der Waals surface area contributed by atoms with Crippen LogP contribution in [-0.4, -0.2) is 53.3 Å². The zero-order chi connectivity index (χ0) is 27.2. The van der Waals surface area contributed by atoms with Gasteiger partial charge in [-0.25, -0.2) is 14.0 Å². The summed E-state index contributed by atoms with van der Waals surface area (Å²) in [5.74, 6) is -0.791. The summed E-state index contributed by atoms with van der Waals surface area (Å²) in [7, 11) is 0. The Bertz CT molecular complexity index is 1330. The molecule has 0 aromatic heterocycles. The summed E-state index contributed by atoms with van der Waals surface area (Å²) in [6, 6.07) is 18.0. The van der Waals surface area contributed by atoms with Gasteiger partial charge in [0.25, 0.3) is 0 Å². The molecule has 1 aliphatic rings. The van der Waals surface area contributed by atoms with Crippen molar-refractivity contribution in [3.8, 4) is 5.75 Å². The summed E-state index contributed by atoms with van der Waals surface area (Å²) < 4.78 is 20.0. The third-order valence-corrected chi connectivity index (χ3v) is 6.52. The number of nitrogens with one attached hydrogen (secondary N) is 2. The van der Waals surface area contributed by atoms with Gasteiger partial charge in [-0.05, 0) is 66.9 Å². The molecule has 1 heterocycles. The van der Waals surface area contributed by atoms with Crippen LogP contribution in [0.25, 0.3) is 0 Å². The number of urea groups is 1. The molecule has 3 N–H and O–H groups in total. The highest BCUT2D eigenvalue weighted by atomic mass is 19.1. The first-order chi connectivity index (χ1) is 18.2. The molecule has 1 saturated heterocycles. The van der Waals surface area contributed by atoms with Gasteiger partial charge in [0.1, 0.15) is 18.5 Å². The van der Waals surface area contributed by atoms with Gasteiger partial charge in [0, 0.05) is 17.8 Å². The average Bonchev–Trinajstić information content (AvgIpc) is 3.26. The third-order valence-electron chi connectivity index (χ3n) is 6.52. The van der Waals surface area contributed by atoms with Crippen LogP contribution in [0.15, 0.2) is 66.7 Å². The second-order valence-corrected chi connectivity index (χ2v) is 9.39. The molecule has 0 unspecified atom stereocenters. The van der Waals surface area contributed by atoms with Gasteiger partial charge < -0.3 is 25.4 Å². The number of hydrogen-bond donors (Lipinski definition) is 3. The number of carbonyl (C=O) groups is 3. The fraction of sp³-hybridized carbons (Fsp3) is 0.276. The highest BCUT2D eigenvalue weighted by molar-refractivity contribution is 6.00. The quantitative estimate of drug-likeness (QED) is 0.379. The molecular weight excluding hydrogens is 489 g/mol. The van der Waals surface area contributed by atoms with Gasteiger partial charge in [-0.2, -0.15) is 0 Å². The number of para-hydroxylation sites is 1. The van der Waals surface area contributed by atoms with Crippen LogP contribution >= 0.6 is 0 Å². The number of aromatic carboxylic acids is 1. The second kappa shape index (κ2) is 11.8. The minimum Gasteiger partial charge on any atom is -0.491 e. The number of hydrogen-bond acceptors (Lipinski definition) is 4. The van der Waals surface area contributed by atoms with E-state index in [4.69, 9.17) is 9.84 Å². The number of carboxylic acids is 1. The van der Waals surface area contributed by atoms with E-state index in [2.05, 4.69) is 10.6 Å². The first-order valence-corrected chi connectivity index (χ1v) is 12.3. The van der Waals surface area contributed by atoms with E-state index >= 15 is 0 Å². The lowest BCUT2D eigenvalue weighted by Gasteiger charge is -2.24. The van der Waals surface area contributed by atoms with E-state index in [1.54, 1.807) is 12.1 Å². The zero-order valence-electron chi connectivity index (χ0n) is 21.2. The van der Waals surface area contributed by atoms with Crippen LogP contribution in [0.2, 0.25) is 0 Å². The Hall–Kier alpha value is -4.40. The van der Waals surface area contributed by atoms with Crippen LogP contribution < -0.4 is 15.4 Å². The first kappa shape index (κ1) is 26.7. The van der Waals surface area contributed by atoms with Crippen molar-refractivity contribution in [2.24, 2.45) is 0 Å². The normalized spacial score (nSPS) is 16.7. The number of carboxylic acid groups (broad SMARTS) is 1. The molecule has 0 aliphatic carbocycles. The number of halogens is 1. The van der Waals surface area contributed by atoms with Crippen molar-refractivity contribution in [1.82, 2.24) is 4.90 Å². The Morgan fingerprint density at radius 3 is 2.32 bits per heavy atom. The fourth-order valence-corrected chi connectivity index (χ4v) is 4.45. The monoisotopic (exact) mass is 519 g/mol.